The van der Waals surface area contributed by atoms with Gasteiger partial charge in [0.1, 0.15) is 0 Å². The van der Waals surface area contributed by atoms with Crippen LogP contribution >= 0.6 is 27.3 Å². The number of hydrogen-bond donors (Lipinski definition) is 2. The van der Waals surface area contributed by atoms with Gasteiger partial charge < -0.3 is 10.3 Å². The molecule has 5 heteroatoms. The standard InChI is InChI=1S/C14H11BrN2OS/c1-8-6-9-7-10(2-3-11(9)16-8)17-14(18)12-4-5-13(15)19-12/h2-7,16H,1H3,(H,17,18). The zero-order valence-electron chi connectivity index (χ0n) is 10.2. The zero-order valence-corrected chi connectivity index (χ0v) is 12.6. The predicted octanol–water partition coefficient (Wildman–Crippen LogP) is 4.55. The van der Waals surface area contributed by atoms with Crippen molar-refractivity contribution in [2.75, 3.05) is 5.32 Å². The summed E-state index contributed by atoms with van der Waals surface area (Å²) in [5, 5.41) is 4.01. The third kappa shape index (κ3) is 2.57. The Morgan fingerprint density at radius 1 is 1.26 bits per heavy atom. The van der Waals surface area contributed by atoms with Gasteiger partial charge in [0.25, 0.3) is 5.91 Å². The lowest BCUT2D eigenvalue weighted by Gasteiger charge is -2.03. The minimum atomic E-state index is -0.0812. The van der Waals surface area contributed by atoms with Gasteiger partial charge in [-0.05, 0) is 59.3 Å². The first-order valence-corrected chi connectivity index (χ1v) is 7.39. The van der Waals surface area contributed by atoms with E-state index in [2.05, 4.69) is 32.3 Å². The van der Waals surface area contributed by atoms with E-state index in [1.54, 1.807) is 0 Å². The van der Waals surface area contributed by atoms with Gasteiger partial charge >= 0.3 is 0 Å². The van der Waals surface area contributed by atoms with Crippen LogP contribution < -0.4 is 5.32 Å². The van der Waals surface area contributed by atoms with Gasteiger partial charge in [-0.25, -0.2) is 0 Å². The van der Waals surface area contributed by atoms with Gasteiger partial charge in [0.05, 0.1) is 8.66 Å². The summed E-state index contributed by atoms with van der Waals surface area (Å²) in [7, 11) is 0. The largest absolute Gasteiger partial charge is 0.359 e. The third-order valence-electron chi connectivity index (χ3n) is 2.81. The van der Waals surface area contributed by atoms with Crippen molar-refractivity contribution in [1.29, 1.82) is 0 Å². The molecule has 0 bridgehead atoms. The van der Waals surface area contributed by atoms with Crippen LogP contribution in [0.1, 0.15) is 15.4 Å². The number of carbonyl (C=O) groups is 1. The number of aromatic nitrogens is 1. The van der Waals surface area contributed by atoms with E-state index in [1.807, 2.05) is 37.3 Å². The molecule has 1 amide bonds. The van der Waals surface area contributed by atoms with Crippen LogP contribution in [-0.2, 0) is 0 Å². The molecule has 1 aromatic carbocycles. The fourth-order valence-electron chi connectivity index (χ4n) is 1.98. The van der Waals surface area contributed by atoms with E-state index in [4.69, 9.17) is 0 Å². The highest BCUT2D eigenvalue weighted by Gasteiger charge is 2.09. The normalized spacial score (nSPS) is 10.8. The average molecular weight is 335 g/mol. The molecule has 0 aliphatic rings. The SMILES string of the molecule is Cc1cc2cc(NC(=O)c3ccc(Br)s3)ccc2[nH]1. The first-order valence-electron chi connectivity index (χ1n) is 5.78. The van der Waals surface area contributed by atoms with Gasteiger partial charge in [-0.3, -0.25) is 4.79 Å². The third-order valence-corrected chi connectivity index (χ3v) is 4.43. The van der Waals surface area contributed by atoms with Gasteiger partial charge in [0.15, 0.2) is 0 Å². The van der Waals surface area contributed by atoms with Crippen molar-refractivity contribution in [3.63, 3.8) is 0 Å². The van der Waals surface area contributed by atoms with E-state index in [9.17, 15) is 4.79 Å². The number of H-pyrrole nitrogens is 1. The van der Waals surface area contributed by atoms with Crippen LogP contribution in [0.25, 0.3) is 10.9 Å². The minimum absolute atomic E-state index is 0.0812. The number of thiophene rings is 1. The summed E-state index contributed by atoms with van der Waals surface area (Å²) in [6.07, 6.45) is 0. The molecule has 2 heterocycles. The number of aryl methyl sites for hydroxylation is 1. The van der Waals surface area contributed by atoms with E-state index in [-0.39, 0.29) is 5.91 Å². The van der Waals surface area contributed by atoms with Crippen molar-refractivity contribution in [2.24, 2.45) is 0 Å². The van der Waals surface area contributed by atoms with Crippen molar-refractivity contribution < 1.29 is 4.79 Å². The monoisotopic (exact) mass is 334 g/mol. The summed E-state index contributed by atoms with van der Waals surface area (Å²) >= 11 is 4.78. The molecule has 19 heavy (non-hydrogen) atoms. The van der Waals surface area contributed by atoms with Gasteiger partial charge in [-0.2, -0.15) is 0 Å². The summed E-state index contributed by atoms with van der Waals surface area (Å²) in [4.78, 5) is 16.0. The number of benzene rings is 1. The second kappa shape index (κ2) is 4.83. The Balaban J connectivity index is 1.86. The number of anilines is 1. The van der Waals surface area contributed by atoms with E-state index in [0.717, 1.165) is 26.1 Å². The summed E-state index contributed by atoms with van der Waals surface area (Å²) in [6.45, 7) is 2.02. The van der Waals surface area contributed by atoms with Crippen LogP contribution in [-0.4, -0.2) is 10.9 Å². The molecule has 0 saturated heterocycles. The lowest BCUT2D eigenvalue weighted by atomic mass is 10.2. The number of halogens is 1. The predicted molar refractivity (Wildman–Crippen MR) is 83.0 cm³/mol. The maximum absolute atomic E-state index is 12.0. The lowest BCUT2D eigenvalue weighted by Crippen LogP contribution is -2.09. The fraction of sp³-hybridized carbons (Fsp3) is 0.0714. The highest BCUT2D eigenvalue weighted by molar-refractivity contribution is 9.11. The molecule has 0 atom stereocenters. The van der Waals surface area contributed by atoms with Crippen LogP contribution in [0.4, 0.5) is 5.69 Å². The van der Waals surface area contributed by atoms with E-state index in [1.165, 1.54) is 11.3 Å². The molecule has 0 saturated carbocycles. The van der Waals surface area contributed by atoms with Crippen molar-refractivity contribution in [3.8, 4) is 0 Å². The highest BCUT2D eigenvalue weighted by Crippen LogP contribution is 2.24. The molecule has 2 N–H and O–H groups in total. The summed E-state index contributed by atoms with van der Waals surface area (Å²) in [5.41, 5.74) is 3.00. The molecule has 2 aromatic heterocycles. The topological polar surface area (TPSA) is 44.9 Å². The molecule has 3 nitrogen and oxygen atoms in total. The Kier molecular flexibility index (Phi) is 3.16. The zero-order chi connectivity index (χ0) is 13.4. The molecule has 0 radical (unpaired) electrons. The van der Waals surface area contributed by atoms with Crippen LogP contribution in [0.3, 0.4) is 0 Å². The van der Waals surface area contributed by atoms with E-state index in [0.29, 0.717) is 4.88 Å². The molecule has 0 unspecified atom stereocenters. The van der Waals surface area contributed by atoms with Crippen molar-refractivity contribution in [3.05, 3.63) is 50.8 Å². The van der Waals surface area contributed by atoms with Gasteiger partial charge in [-0.1, -0.05) is 0 Å². The number of fused-ring (bicyclic) bond motifs is 1. The molecule has 0 aliphatic heterocycles. The average Bonchev–Trinajstić information content (AvgIpc) is 2.93. The number of hydrogen-bond acceptors (Lipinski definition) is 2. The molecule has 0 spiro atoms. The van der Waals surface area contributed by atoms with Crippen LogP contribution in [0.5, 0.6) is 0 Å². The smallest absolute Gasteiger partial charge is 0.265 e. The van der Waals surface area contributed by atoms with Crippen LogP contribution in [0.2, 0.25) is 0 Å². The Hall–Kier alpha value is -1.59. The van der Waals surface area contributed by atoms with Gasteiger partial charge in [-0.15, -0.1) is 11.3 Å². The summed E-state index contributed by atoms with van der Waals surface area (Å²) in [5.74, 6) is -0.0812. The summed E-state index contributed by atoms with van der Waals surface area (Å²) in [6, 6.07) is 11.6. The second-order valence-electron chi connectivity index (χ2n) is 4.31. The quantitative estimate of drug-likeness (QED) is 0.709. The number of amides is 1. The number of aromatic amines is 1. The molecule has 0 fully saturated rings. The van der Waals surface area contributed by atoms with Crippen molar-refractivity contribution in [1.82, 2.24) is 4.98 Å². The van der Waals surface area contributed by atoms with Gasteiger partial charge in [0, 0.05) is 22.3 Å². The van der Waals surface area contributed by atoms with Crippen LogP contribution in [0, 0.1) is 6.92 Å². The molecule has 3 aromatic rings. The molecule has 3 rings (SSSR count). The number of rotatable bonds is 2. The number of carbonyl (C=O) groups excluding carboxylic acids is 1. The Bertz CT molecular complexity index is 760. The van der Waals surface area contributed by atoms with E-state index >= 15 is 0 Å². The Morgan fingerprint density at radius 2 is 2.11 bits per heavy atom. The second-order valence-corrected chi connectivity index (χ2v) is 6.78. The maximum Gasteiger partial charge on any atom is 0.265 e. The molecule has 0 aliphatic carbocycles. The first-order chi connectivity index (χ1) is 9.11. The fourth-order valence-corrected chi connectivity index (χ4v) is 3.27. The number of nitrogens with one attached hydrogen (secondary N) is 2. The van der Waals surface area contributed by atoms with Crippen molar-refractivity contribution >= 4 is 49.8 Å². The summed E-state index contributed by atoms with van der Waals surface area (Å²) < 4.78 is 0.953. The highest BCUT2D eigenvalue weighted by atomic mass is 79.9. The first kappa shape index (κ1) is 12.4. The van der Waals surface area contributed by atoms with E-state index < -0.39 is 0 Å². The van der Waals surface area contributed by atoms with Crippen molar-refractivity contribution in [2.45, 2.75) is 6.92 Å². The minimum Gasteiger partial charge on any atom is -0.359 e. The molecular formula is C14H11BrN2OS. The Morgan fingerprint density at radius 3 is 2.84 bits per heavy atom. The lowest BCUT2D eigenvalue weighted by molar-refractivity contribution is 0.103. The molecular weight excluding hydrogens is 324 g/mol. The van der Waals surface area contributed by atoms with Crippen LogP contribution in [0.15, 0.2) is 40.2 Å². The van der Waals surface area contributed by atoms with Gasteiger partial charge in [0.2, 0.25) is 0 Å². The molecule has 96 valence electrons. The maximum atomic E-state index is 12.0. The Labute approximate surface area is 122 Å².